The van der Waals surface area contributed by atoms with Crippen molar-refractivity contribution in [2.75, 3.05) is 11.1 Å². The van der Waals surface area contributed by atoms with E-state index in [1.54, 1.807) is 12.1 Å². The number of hydrogen-bond donors (Lipinski definition) is 7. The quantitative estimate of drug-likeness (QED) is 0.127. The molecule has 0 fully saturated rings. The number of hydrogen-bond acceptors (Lipinski definition) is 10. The molecule has 0 aliphatic rings. The Morgan fingerprint density at radius 2 is 1.62 bits per heavy atom. The maximum atomic E-state index is 12.3. The predicted molar refractivity (Wildman–Crippen MR) is 153 cm³/mol. The number of carboxylic acid groups (broad SMARTS) is 3. The Morgan fingerprint density at radius 1 is 0.952 bits per heavy atom. The van der Waals surface area contributed by atoms with Gasteiger partial charge in [0.25, 0.3) is 11.5 Å². The highest BCUT2D eigenvalue weighted by atomic mass is 16.4. The summed E-state index contributed by atoms with van der Waals surface area (Å²) < 4.78 is 0. The minimum Gasteiger partial charge on any atom is -0.481 e. The second kappa shape index (κ2) is 16.9. The number of unbranched alkanes of at least 4 members (excludes halogenated alkanes) is 4. The zero-order valence-corrected chi connectivity index (χ0v) is 23.1. The number of aromatic nitrogens is 4. The number of amides is 1. The lowest BCUT2D eigenvalue weighted by Gasteiger charge is -2.14. The van der Waals surface area contributed by atoms with Gasteiger partial charge in [0.1, 0.15) is 6.04 Å². The topological polar surface area (TPSA) is 251 Å². The van der Waals surface area contributed by atoms with Crippen LogP contribution in [0.3, 0.4) is 0 Å². The lowest BCUT2D eigenvalue weighted by atomic mass is 10.1. The van der Waals surface area contributed by atoms with Crippen LogP contribution < -0.4 is 21.9 Å². The van der Waals surface area contributed by atoms with Crippen LogP contribution in [-0.2, 0) is 20.9 Å². The molecule has 226 valence electrons. The lowest BCUT2D eigenvalue weighted by Crippen LogP contribution is -2.41. The minimum absolute atomic E-state index is 0.0524. The number of anilines is 2. The van der Waals surface area contributed by atoms with Crippen LogP contribution in [0.4, 0.5) is 11.6 Å². The van der Waals surface area contributed by atoms with Gasteiger partial charge in [-0.05, 0) is 37.1 Å². The van der Waals surface area contributed by atoms with E-state index >= 15 is 0 Å². The summed E-state index contributed by atoms with van der Waals surface area (Å²) in [5.41, 5.74) is 6.47. The Kier molecular flexibility index (Phi) is 13.3. The highest BCUT2D eigenvalue weighted by Gasteiger charge is 2.21. The van der Waals surface area contributed by atoms with Gasteiger partial charge in [0.05, 0.1) is 18.4 Å². The average Bonchev–Trinajstić information content (AvgIpc) is 2.94. The van der Waals surface area contributed by atoms with Gasteiger partial charge in [-0.25, -0.2) is 14.8 Å². The molecule has 42 heavy (non-hydrogen) atoms. The van der Waals surface area contributed by atoms with E-state index in [9.17, 15) is 24.0 Å². The summed E-state index contributed by atoms with van der Waals surface area (Å²) in [6.07, 6.45) is 6.72. The van der Waals surface area contributed by atoms with Crippen molar-refractivity contribution < 1.29 is 34.5 Å². The molecule has 0 saturated carbocycles. The van der Waals surface area contributed by atoms with Crippen LogP contribution in [0.25, 0.3) is 11.2 Å². The van der Waals surface area contributed by atoms with Crippen molar-refractivity contribution in [3.8, 4) is 0 Å². The first-order valence-electron chi connectivity index (χ1n) is 13.3. The smallest absolute Gasteiger partial charge is 0.326 e. The standard InChI is InChI=1S/C19H19N7O6.C8H16O2/c20-19-25-15-14(17(30)26-19)23-11(8-22-15)7-21-10-3-1-9(2-4-10)16(29)24-12(18(31)32)5-6-13(27)28;1-2-3-4-5-6-7-8(9)10/h1-4,8,12,21H,5-7H2,(H,24,29)(H,27,28)(H,31,32)(H3,20,22,25,26,30);2-7H2,1H3,(H,9,10). The first-order valence-corrected chi connectivity index (χ1v) is 13.3. The first-order chi connectivity index (χ1) is 20.0. The number of nitrogens with two attached hydrogens (primary N) is 1. The number of rotatable bonds is 15. The van der Waals surface area contributed by atoms with Gasteiger partial charge >= 0.3 is 17.9 Å². The Morgan fingerprint density at radius 3 is 2.24 bits per heavy atom. The average molecular weight is 586 g/mol. The van der Waals surface area contributed by atoms with Gasteiger partial charge < -0.3 is 31.7 Å². The number of aliphatic carboxylic acids is 3. The van der Waals surface area contributed by atoms with Gasteiger partial charge in [-0.2, -0.15) is 4.98 Å². The van der Waals surface area contributed by atoms with Crippen LogP contribution >= 0.6 is 0 Å². The molecule has 15 nitrogen and oxygen atoms in total. The number of benzene rings is 1. The van der Waals surface area contributed by atoms with Gasteiger partial charge in [0.15, 0.2) is 11.2 Å². The van der Waals surface area contributed by atoms with Crippen LogP contribution in [0.15, 0.2) is 35.3 Å². The minimum atomic E-state index is -1.31. The second-order valence-corrected chi connectivity index (χ2v) is 9.27. The van der Waals surface area contributed by atoms with Crippen molar-refractivity contribution >= 4 is 46.6 Å². The molecule has 8 N–H and O–H groups in total. The number of fused-ring (bicyclic) bond motifs is 1. The third-order valence-corrected chi connectivity index (χ3v) is 5.85. The fourth-order valence-electron chi connectivity index (χ4n) is 3.63. The highest BCUT2D eigenvalue weighted by Crippen LogP contribution is 2.12. The molecule has 3 aromatic rings. The molecule has 1 atom stereocenters. The summed E-state index contributed by atoms with van der Waals surface area (Å²) in [6.45, 7) is 2.38. The fourth-order valence-corrected chi connectivity index (χ4v) is 3.63. The summed E-state index contributed by atoms with van der Waals surface area (Å²) in [5.74, 6) is -3.83. The maximum absolute atomic E-state index is 12.3. The SMILES string of the molecule is CCCCCCCC(=O)O.Nc1nc2ncc(CNc3ccc(C(=O)NC(CCC(=O)O)C(=O)O)cc3)nc2c(=O)[nH]1. The van der Waals surface area contributed by atoms with E-state index in [2.05, 4.69) is 37.5 Å². The van der Waals surface area contributed by atoms with Crippen molar-refractivity contribution in [2.45, 2.75) is 70.9 Å². The molecule has 1 unspecified atom stereocenters. The number of aromatic amines is 1. The molecule has 1 amide bonds. The molecule has 15 heteroatoms. The second-order valence-electron chi connectivity index (χ2n) is 9.27. The van der Waals surface area contributed by atoms with Gasteiger partial charge in [0, 0.05) is 24.1 Å². The third kappa shape index (κ3) is 11.6. The van der Waals surface area contributed by atoms with Crippen LogP contribution in [0, 0.1) is 0 Å². The molecule has 0 saturated heterocycles. The van der Waals surface area contributed by atoms with Gasteiger partial charge in [-0.3, -0.25) is 24.2 Å². The lowest BCUT2D eigenvalue weighted by molar-refractivity contribution is -0.141. The molecule has 1 aromatic carbocycles. The molecule has 0 bridgehead atoms. The van der Waals surface area contributed by atoms with E-state index in [0.717, 1.165) is 12.8 Å². The van der Waals surface area contributed by atoms with E-state index < -0.39 is 35.4 Å². The van der Waals surface area contributed by atoms with E-state index in [1.807, 2.05) is 0 Å². The molecular formula is C27H35N7O8. The number of H-pyrrole nitrogens is 1. The zero-order chi connectivity index (χ0) is 31.1. The van der Waals surface area contributed by atoms with Gasteiger partial charge in [-0.1, -0.05) is 32.6 Å². The summed E-state index contributed by atoms with van der Waals surface area (Å²) in [4.78, 5) is 70.6. The maximum Gasteiger partial charge on any atom is 0.326 e. The molecule has 0 aliphatic carbocycles. The highest BCUT2D eigenvalue weighted by molar-refractivity contribution is 5.97. The van der Waals surface area contributed by atoms with Crippen molar-refractivity contribution in [1.29, 1.82) is 0 Å². The molecule has 0 spiro atoms. The van der Waals surface area contributed by atoms with Crippen LogP contribution in [0.2, 0.25) is 0 Å². The van der Waals surface area contributed by atoms with Crippen LogP contribution in [0.5, 0.6) is 0 Å². The molecule has 0 radical (unpaired) electrons. The first kappa shape index (κ1) is 33.1. The van der Waals surface area contributed by atoms with E-state index in [0.29, 0.717) is 17.8 Å². The number of nitrogens with zero attached hydrogens (tertiary/aromatic N) is 3. The summed E-state index contributed by atoms with van der Waals surface area (Å²) >= 11 is 0. The summed E-state index contributed by atoms with van der Waals surface area (Å²) in [7, 11) is 0. The van der Waals surface area contributed by atoms with Crippen molar-refractivity contribution in [3.63, 3.8) is 0 Å². The Labute approximate surface area is 240 Å². The number of carbonyl (C=O) groups is 4. The van der Waals surface area contributed by atoms with Crippen molar-refractivity contribution in [3.05, 3.63) is 52.1 Å². The molecule has 0 aliphatic heterocycles. The zero-order valence-electron chi connectivity index (χ0n) is 23.1. The third-order valence-electron chi connectivity index (χ3n) is 5.85. The Bertz CT molecular complexity index is 1430. The molecule has 2 heterocycles. The molecule has 3 rings (SSSR count). The predicted octanol–water partition coefficient (Wildman–Crippen LogP) is 2.39. The molecular weight excluding hydrogens is 550 g/mol. The fraction of sp³-hybridized carbons (Fsp3) is 0.407. The molecule has 2 aromatic heterocycles. The number of nitrogens with one attached hydrogen (secondary N) is 3. The van der Waals surface area contributed by atoms with Gasteiger partial charge in [0.2, 0.25) is 5.95 Å². The number of carbonyl (C=O) groups excluding carboxylic acids is 1. The van der Waals surface area contributed by atoms with E-state index in [4.69, 9.17) is 21.1 Å². The Balaban J connectivity index is 0.000000528. The summed E-state index contributed by atoms with van der Waals surface area (Å²) in [6, 6.07) is 4.86. The van der Waals surface area contributed by atoms with E-state index in [-0.39, 0.29) is 42.1 Å². The Hall–Kier alpha value is -5.08. The van der Waals surface area contributed by atoms with Crippen molar-refractivity contribution in [2.24, 2.45) is 0 Å². The normalized spacial score (nSPS) is 11.2. The van der Waals surface area contributed by atoms with Crippen molar-refractivity contribution in [1.82, 2.24) is 25.3 Å². The summed E-state index contributed by atoms with van der Waals surface area (Å²) in [5, 5.41) is 31.5. The number of nitrogen functional groups attached to an aromatic ring is 1. The largest absolute Gasteiger partial charge is 0.481 e. The van der Waals surface area contributed by atoms with Crippen LogP contribution in [0.1, 0.15) is 74.3 Å². The van der Waals surface area contributed by atoms with Crippen LogP contribution in [-0.4, -0.2) is 65.1 Å². The number of carboxylic acids is 3. The van der Waals surface area contributed by atoms with E-state index in [1.165, 1.54) is 37.6 Å². The van der Waals surface area contributed by atoms with Gasteiger partial charge in [-0.15, -0.1) is 0 Å². The monoisotopic (exact) mass is 585 g/mol.